The first kappa shape index (κ1) is 15.9. The van der Waals surface area contributed by atoms with E-state index in [-0.39, 0.29) is 26.2 Å². The zero-order chi connectivity index (χ0) is 15.4. The molecule has 6 N–H and O–H groups in total. The molecule has 2 atom stereocenters. The van der Waals surface area contributed by atoms with E-state index in [0.29, 0.717) is 0 Å². The van der Waals surface area contributed by atoms with Crippen LogP contribution in [0.2, 0.25) is 0 Å². The summed E-state index contributed by atoms with van der Waals surface area (Å²) in [6, 6.07) is -2.25. The fourth-order valence-corrected chi connectivity index (χ4v) is 2.15. The van der Waals surface area contributed by atoms with Crippen molar-refractivity contribution in [2.45, 2.75) is 12.1 Å². The van der Waals surface area contributed by atoms with Gasteiger partial charge in [0.2, 0.25) is 11.8 Å². The molecule has 0 aromatic heterocycles. The second kappa shape index (κ2) is 6.30. The zero-order valence-electron chi connectivity index (χ0n) is 10.6. The molecule has 0 aromatic carbocycles. The summed E-state index contributed by atoms with van der Waals surface area (Å²) in [5.74, 6) is -3.98. The maximum atomic E-state index is 11.2. The van der Waals surface area contributed by atoms with Crippen LogP contribution < -0.4 is 11.5 Å². The van der Waals surface area contributed by atoms with Crippen LogP contribution in [0.3, 0.4) is 0 Å². The van der Waals surface area contributed by atoms with Crippen molar-refractivity contribution in [3.8, 4) is 0 Å². The van der Waals surface area contributed by atoms with Crippen molar-refractivity contribution in [2.24, 2.45) is 11.5 Å². The Morgan fingerprint density at radius 1 is 0.850 bits per heavy atom. The average molecular weight is 288 g/mol. The van der Waals surface area contributed by atoms with Gasteiger partial charge < -0.3 is 21.7 Å². The number of carboxylic acid groups (broad SMARTS) is 2. The van der Waals surface area contributed by atoms with E-state index in [1.54, 1.807) is 0 Å². The van der Waals surface area contributed by atoms with E-state index >= 15 is 0 Å². The molecule has 1 fully saturated rings. The number of aliphatic carboxylic acids is 2. The lowest BCUT2D eigenvalue weighted by molar-refractivity contribution is -0.157. The fourth-order valence-electron chi connectivity index (χ4n) is 2.15. The third-order valence-corrected chi connectivity index (χ3v) is 2.98. The highest BCUT2D eigenvalue weighted by Gasteiger charge is 2.41. The molecule has 0 bridgehead atoms. The molecule has 0 radical (unpaired) electrons. The molecule has 20 heavy (non-hydrogen) atoms. The normalized spacial score (nSPS) is 24.2. The minimum atomic E-state index is -1.23. The summed E-state index contributed by atoms with van der Waals surface area (Å²) in [7, 11) is 0. The van der Waals surface area contributed by atoms with Gasteiger partial charge in [-0.25, -0.2) is 0 Å². The van der Waals surface area contributed by atoms with Crippen molar-refractivity contribution in [3.63, 3.8) is 0 Å². The van der Waals surface area contributed by atoms with E-state index in [1.165, 1.54) is 9.80 Å². The Hall–Kier alpha value is -2.20. The molecule has 1 rings (SSSR count). The molecule has 10 nitrogen and oxygen atoms in total. The molecular weight excluding hydrogens is 272 g/mol. The van der Waals surface area contributed by atoms with Crippen LogP contribution in [0.5, 0.6) is 0 Å². The Kier molecular flexibility index (Phi) is 5.00. The Bertz CT molecular complexity index is 399. The van der Waals surface area contributed by atoms with Gasteiger partial charge in [-0.15, -0.1) is 0 Å². The molecule has 1 aliphatic rings. The molecule has 10 heteroatoms. The predicted octanol–water partition coefficient (Wildman–Crippen LogP) is -3.52. The van der Waals surface area contributed by atoms with Gasteiger partial charge in [0.25, 0.3) is 0 Å². The molecule has 112 valence electrons. The summed E-state index contributed by atoms with van der Waals surface area (Å²) in [4.78, 5) is 46.5. The van der Waals surface area contributed by atoms with E-state index in [0.717, 1.165) is 0 Å². The minimum absolute atomic E-state index is 0.234. The van der Waals surface area contributed by atoms with Crippen molar-refractivity contribution >= 4 is 23.8 Å². The Labute approximate surface area is 113 Å². The summed E-state index contributed by atoms with van der Waals surface area (Å²) in [5.41, 5.74) is 10.0. The topological polar surface area (TPSA) is 167 Å². The van der Waals surface area contributed by atoms with Gasteiger partial charge in [0.1, 0.15) is 12.1 Å². The summed E-state index contributed by atoms with van der Waals surface area (Å²) >= 11 is 0. The van der Waals surface area contributed by atoms with Crippen LogP contribution in [-0.4, -0.2) is 82.0 Å². The molecule has 0 unspecified atom stereocenters. The van der Waals surface area contributed by atoms with Gasteiger partial charge in [0.05, 0.1) is 13.1 Å². The van der Waals surface area contributed by atoms with Crippen LogP contribution in [-0.2, 0) is 19.2 Å². The van der Waals surface area contributed by atoms with Crippen LogP contribution in [0.1, 0.15) is 0 Å². The summed E-state index contributed by atoms with van der Waals surface area (Å²) in [6.45, 7) is -1.21. The minimum Gasteiger partial charge on any atom is -0.480 e. The van der Waals surface area contributed by atoms with Gasteiger partial charge in [-0.2, -0.15) is 0 Å². The Morgan fingerprint density at radius 2 is 1.15 bits per heavy atom. The SMILES string of the molecule is NC(=O)CN1C[C@@H](C(=O)O)N(CC(N)=O)C[C@@H]1C(=O)O. The summed E-state index contributed by atoms with van der Waals surface area (Å²) in [6.07, 6.45) is 0. The van der Waals surface area contributed by atoms with E-state index < -0.39 is 35.8 Å². The number of hydrogen-bond acceptors (Lipinski definition) is 6. The van der Waals surface area contributed by atoms with E-state index in [4.69, 9.17) is 21.7 Å². The van der Waals surface area contributed by atoms with Gasteiger partial charge in [-0.3, -0.25) is 29.0 Å². The predicted molar refractivity (Wildman–Crippen MR) is 64.4 cm³/mol. The first-order valence-electron chi connectivity index (χ1n) is 5.72. The number of primary amides is 2. The molecular formula is C10H16N4O6. The first-order chi connectivity index (χ1) is 9.22. The maximum absolute atomic E-state index is 11.2. The number of rotatable bonds is 6. The highest BCUT2D eigenvalue weighted by Crippen LogP contribution is 2.15. The Balaban J connectivity index is 2.96. The number of carbonyl (C=O) groups excluding carboxylic acids is 2. The monoisotopic (exact) mass is 288 g/mol. The standard InChI is InChI=1S/C10H16N4O6/c11-7(15)3-13-1-5(9(17)18)14(4-8(12)16)2-6(13)10(19)20/h5-6H,1-4H2,(H2,11,15)(H2,12,16)(H,17,18)(H,19,20)/t5-,6+. The molecule has 0 aliphatic carbocycles. The molecule has 1 heterocycles. The molecule has 1 saturated heterocycles. The van der Waals surface area contributed by atoms with Gasteiger partial charge in [0, 0.05) is 13.1 Å². The number of nitrogens with two attached hydrogens (primary N) is 2. The van der Waals surface area contributed by atoms with Crippen molar-refractivity contribution in [3.05, 3.63) is 0 Å². The number of hydrogen-bond donors (Lipinski definition) is 4. The van der Waals surface area contributed by atoms with Crippen molar-refractivity contribution in [2.75, 3.05) is 26.2 Å². The molecule has 0 spiro atoms. The lowest BCUT2D eigenvalue weighted by Gasteiger charge is -2.41. The van der Waals surface area contributed by atoms with Crippen molar-refractivity contribution < 1.29 is 29.4 Å². The van der Waals surface area contributed by atoms with Crippen LogP contribution in [0.25, 0.3) is 0 Å². The number of amides is 2. The molecule has 0 aromatic rings. The largest absolute Gasteiger partial charge is 0.480 e. The third kappa shape index (κ3) is 3.90. The lowest BCUT2D eigenvalue weighted by atomic mass is 10.1. The van der Waals surface area contributed by atoms with Crippen LogP contribution in [0.4, 0.5) is 0 Å². The van der Waals surface area contributed by atoms with Gasteiger partial charge in [-0.1, -0.05) is 0 Å². The summed E-state index contributed by atoms with van der Waals surface area (Å²) in [5, 5.41) is 18.2. The molecule has 0 saturated carbocycles. The van der Waals surface area contributed by atoms with Crippen LogP contribution in [0.15, 0.2) is 0 Å². The van der Waals surface area contributed by atoms with Gasteiger partial charge in [0.15, 0.2) is 0 Å². The number of carbonyl (C=O) groups is 4. The summed E-state index contributed by atoms with van der Waals surface area (Å²) < 4.78 is 0. The number of piperazine rings is 1. The van der Waals surface area contributed by atoms with Crippen molar-refractivity contribution in [1.82, 2.24) is 9.80 Å². The number of nitrogens with zero attached hydrogens (tertiary/aromatic N) is 2. The fraction of sp³-hybridized carbons (Fsp3) is 0.600. The average Bonchev–Trinajstić information content (AvgIpc) is 2.28. The second-order valence-electron chi connectivity index (χ2n) is 4.50. The second-order valence-corrected chi connectivity index (χ2v) is 4.50. The first-order valence-corrected chi connectivity index (χ1v) is 5.72. The van der Waals surface area contributed by atoms with Crippen molar-refractivity contribution in [1.29, 1.82) is 0 Å². The maximum Gasteiger partial charge on any atom is 0.322 e. The van der Waals surface area contributed by atoms with E-state index in [2.05, 4.69) is 0 Å². The quantitative estimate of drug-likeness (QED) is 0.390. The third-order valence-electron chi connectivity index (χ3n) is 2.98. The number of carboxylic acids is 2. The van der Waals surface area contributed by atoms with Crippen LogP contribution >= 0.6 is 0 Å². The highest BCUT2D eigenvalue weighted by molar-refractivity contribution is 5.81. The zero-order valence-corrected chi connectivity index (χ0v) is 10.6. The van der Waals surface area contributed by atoms with Gasteiger partial charge in [-0.05, 0) is 0 Å². The van der Waals surface area contributed by atoms with E-state index in [9.17, 15) is 19.2 Å². The van der Waals surface area contributed by atoms with Crippen LogP contribution in [0, 0.1) is 0 Å². The van der Waals surface area contributed by atoms with E-state index in [1.807, 2.05) is 0 Å². The highest BCUT2D eigenvalue weighted by atomic mass is 16.4. The van der Waals surface area contributed by atoms with Gasteiger partial charge >= 0.3 is 11.9 Å². The molecule has 2 amide bonds. The lowest BCUT2D eigenvalue weighted by Crippen LogP contribution is -2.64. The Morgan fingerprint density at radius 3 is 1.35 bits per heavy atom. The smallest absolute Gasteiger partial charge is 0.322 e. The molecule has 1 aliphatic heterocycles.